The number of nitrogens with zero attached hydrogens (tertiary/aromatic N) is 3. The molecule has 0 radical (unpaired) electrons. The van der Waals surface area contributed by atoms with Crippen LogP contribution in [0.2, 0.25) is 0 Å². The molecule has 5 nitrogen and oxygen atoms in total. The molecule has 0 saturated heterocycles. The molecule has 21 heavy (non-hydrogen) atoms. The summed E-state index contributed by atoms with van der Waals surface area (Å²) < 4.78 is 1.71. The molecule has 5 heteroatoms. The minimum Gasteiger partial charge on any atom is -0.352 e. The summed E-state index contributed by atoms with van der Waals surface area (Å²) in [5.74, 6) is 0.973. The molecule has 2 aromatic heterocycles. The molecule has 1 aliphatic rings. The van der Waals surface area contributed by atoms with Crippen LogP contribution in [0, 0.1) is 5.92 Å². The zero-order valence-electron chi connectivity index (χ0n) is 11.8. The van der Waals surface area contributed by atoms with Gasteiger partial charge in [0, 0.05) is 36.6 Å². The lowest BCUT2D eigenvalue weighted by molar-refractivity contribution is -0.125. The molecule has 1 amide bonds. The molecule has 1 atom stereocenters. The highest BCUT2D eigenvalue weighted by molar-refractivity contribution is 5.79. The Hall–Kier alpha value is -2.43. The topological polar surface area (TPSA) is 59.8 Å². The van der Waals surface area contributed by atoms with Gasteiger partial charge < -0.3 is 5.32 Å². The van der Waals surface area contributed by atoms with E-state index in [2.05, 4.69) is 27.6 Å². The summed E-state index contributed by atoms with van der Waals surface area (Å²) in [6.45, 7) is 0.474. The Morgan fingerprint density at radius 1 is 1.33 bits per heavy atom. The molecule has 2 heterocycles. The molecular formula is C16H18N4O. The maximum Gasteiger partial charge on any atom is 0.223 e. The number of carbonyl (C=O) groups is 1. The number of carbonyl (C=O) groups excluding carboxylic acids is 1. The number of nitrogens with one attached hydrogen (secondary N) is 1. The molecule has 0 spiro atoms. The number of aromatic nitrogens is 3. The van der Waals surface area contributed by atoms with Crippen LogP contribution in [0.15, 0.2) is 48.9 Å². The third-order valence-corrected chi connectivity index (χ3v) is 3.68. The Labute approximate surface area is 123 Å². The smallest absolute Gasteiger partial charge is 0.223 e. The normalized spacial score (nSPS) is 17.6. The second kappa shape index (κ2) is 6.35. The van der Waals surface area contributed by atoms with E-state index in [1.807, 2.05) is 24.4 Å². The number of hydrogen-bond acceptors (Lipinski definition) is 3. The van der Waals surface area contributed by atoms with E-state index in [0.29, 0.717) is 6.54 Å². The van der Waals surface area contributed by atoms with E-state index in [1.165, 1.54) is 0 Å². The van der Waals surface area contributed by atoms with Gasteiger partial charge in [-0.3, -0.25) is 4.79 Å². The van der Waals surface area contributed by atoms with Gasteiger partial charge in [0.05, 0.1) is 0 Å². The van der Waals surface area contributed by atoms with Crippen LogP contribution >= 0.6 is 0 Å². The Kier molecular flexibility index (Phi) is 4.09. The second-order valence-corrected chi connectivity index (χ2v) is 5.14. The summed E-state index contributed by atoms with van der Waals surface area (Å²) in [6, 6.07) is 5.69. The van der Waals surface area contributed by atoms with Crippen molar-refractivity contribution in [3.63, 3.8) is 0 Å². The minimum absolute atomic E-state index is 0.0971. The Bertz CT molecular complexity index is 633. The minimum atomic E-state index is 0.0971. The number of rotatable bonds is 4. The first-order chi connectivity index (χ1) is 10.3. The molecule has 0 aliphatic heterocycles. The van der Waals surface area contributed by atoms with Crippen LogP contribution in [0.3, 0.4) is 0 Å². The van der Waals surface area contributed by atoms with Gasteiger partial charge in [0.1, 0.15) is 0 Å². The first kappa shape index (κ1) is 13.5. The van der Waals surface area contributed by atoms with Gasteiger partial charge in [0.25, 0.3) is 0 Å². The van der Waals surface area contributed by atoms with Crippen LogP contribution in [0.5, 0.6) is 0 Å². The highest BCUT2D eigenvalue weighted by atomic mass is 16.1. The Morgan fingerprint density at radius 2 is 2.29 bits per heavy atom. The average molecular weight is 282 g/mol. The van der Waals surface area contributed by atoms with Crippen molar-refractivity contribution in [3.05, 3.63) is 54.5 Å². The van der Waals surface area contributed by atoms with Crippen LogP contribution in [0.25, 0.3) is 5.82 Å². The third-order valence-electron chi connectivity index (χ3n) is 3.68. The summed E-state index contributed by atoms with van der Waals surface area (Å²) in [4.78, 5) is 16.5. The molecule has 108 valence electrons. The first-order valence-corrected chi connectivity index (χ1v) is 7.21. The summed E-state index contributed by atoms with van der Waals surface area (Å²) in [7, 11) is 0. The molecule has 0 fully saturated rings. The van der Waals surface area contributed by atoms with Crippen molar-refractivity contribution < 1.29 is 4.79 Å². The number of pyridine rings is 1. The van der Waals surface area contributed by atoms with E-state index in [4.69, 9.17) is 0 Å². The maximum absolute atomic E-state index is 12.2. The predicted octanol–water partition coefficient (Wildman–Crippen LogP) is 2.24. The average Bonchev–Trinajstić information content (AvgIpc) is 3.08. The van der Waals surface area contributed by atoms with Crippen molar-refractivity contribution in [2.45, 2.75) is 25.8 Å². The molecule has 3 rings (SSSR count). The second-order valence-electron chi connectivity index (χ2n) is 5.14. The number of amides is 1. The van der Waals surface area contributed by atoms with E-state index in [9.17, 15) is 4.79 Å². The van der Waals surface area contributed by atoms with Crippen LogP contribution < -0.4 is 5.32 Å². The molecule has 2 aromatic rings. The molecule has 0 aromatic carbocycles. The Morgan fingerprint density at radius 3 is 3.05 bits per heavy atom. The quantitative estimate of drug-likeness (QED) is 0.875. The zero-order valence-corrected chi connectivity index (χ0v) is 11.8. The summed E-state index contributed by atoms with van der Waals surface area (Å²) >= 11 is 0. The fourth-order valence-electron chi connectivity index (χ4n) is 2.53. The van der Waals surface area contributed by atoms with Gasteiger partial charge in [-0.25, -0.2) is 9.67 Å². The van der Waals surface area contributed by atoms with Gasteiger partial charge in [-0.2, -0.15) is 5.10 Å². The monoisotopic (exact) mass is 282 g/mol. The third kappa shape index (κ3) is 3.18. The number of allylic oxidation sites excluding steroid dienone is 2. The molecule has 0 bridgehead atoms. The van der Waals surface area contributed by atoms with Gasteiger partial charge >= 0.3 is 0 Å². The van der Waals surface area contributed by atoms with E-state index in [0.717, 1.165) is 30.6 Å². The summed E-state index contributed by atoms with van der Waals surface area (Å²) in [5.41, 5.74) is 0.959. The highest BCUT2D eigenvalue weighted by Gasteiger charge is 2.18. The van der Waals surface area contributed by atoms with Crippen LogP contribution in [-0.4, -0.2) is 20.7 Å². The van der Waals surface area contributed by atoms with Crippen molar-refractivity contribution >= 4 is 5.91 Å². The standard InChI is InChI=1S/C16H18N4O/c21-16(13-6-2-1-3-7-13)18-12-14-8-4-9-17-15(14)20-11-5-10-19-20/h1-2,4-5,8-11,13H,3,6-7,12H2,(H,18,21)/t13-/m0/s1. The van der Waals surface area contributed by atoms with Crippen LogP contribution in [-0.2, 0) is 11.3 Å². The lowest BCUT2D eigenvalue weighted by Gasteiger charge is -2.17. The molecule has 0 saturated carbocycles. The highest BCUT2D eigenvalue weighted by Crippen LogP contribution is 2.18. The van der Waals surface area contributed by atoms with Crippen molar-refractivity contribution in [1.29, 1.82) is 0 Å². The fourth-order valence-corrected chi connectivity index (χ4v) is 2.53. The predicted molar refractivity (Wildman–Crippen MR) is 79.7 cm³/mol. The molecular weight excluding hydrogens is 264 g/mol. The fraction of sp³-hybridized carbons (Fsp3) is 0.312. The van der Waals surface area contributed by atoms with E-state index in [1.54, 1.807) is 17.1 Å². The number of hydrogen-bond donors (Lipinski definition) is 1. The summed E-state index contributed by atoms with van der Waals surface area (Å²) in [6.07, 6.45) is 12.3. The molecule has 1 aliphatic carbocycles. The van der Waals surface area contributed by atoms with Crippen molar-refractivity contribution in [1.82, 2.24) is 20.1 Å². The SMILES string of the molecule is O=C(NCc1cccnc1-n1cccn1)[C@H]1CC=CCC1. The van der Waals surface area contributed by atoms with Gasteiger partial charge in [0.15, 0.2) is 5.82 Å². The van der Waals surface area contributed by atoms with Gasteiger partial charge in [-0.05, 0) is 31.4 Å². The largest absolute Gasteiger partial charge is 0.352 e. The van der Waals surface area contributed by atoms with Crippen LogP contribution in [0.1, 0.15) is 24.8 Å². The molecule has 1 N–H and O–H groups in total. The molecule has 0 unspecified atom stereocenters. The van der Waals surface area contributed by atoms with Gasteiger partial charge in [-0.15, -0.1) is 0 Å². The zero-order chi connectivity index (χ0) is 14.5. The lowest BCUT2D eigenvalue weighted by atomic mass is 9.93. The van der Waals surface area contributed by atoms with Crippen molar-refractivity contribution in [3.8, 4) is 5.82 Å². The first-order valence-electron chi connectivity index (χ1n) is 7.21. The Balaban J connectivity index is 1.68. The van der Waals surface area contributed by atoms with Crippen LogP contribution in [0.4, 0.5) is 0 Å². The van der Waals surface area contributed by atoms with E-state index in [-0.39, 0.29) is 11.8 Å². The summed E-state index contributed by atoms with van der Waals surface area (Å²) in [5, 5.41) is 7.21. The lowest BCUT2D eigenvalue weighted by Crippen LogP contribution is -2.31. The van der Waals surface area contributed by atoms with E-state index < -0.39 is 0 Å². The van der Waals surface area contributed by atoms with Gasteiger partial charge in [0.2, 0.25) is 5.91 Å². The van der Waals surface area contributed by atoms with E-state index >= 15 is 0 Å². The van der Waals surface area contributed by atoms with Crippen molar-refractivity contribution in [2.75, 3.05) is 0 Å². The maximum atomic E-state index is 12.2. The van der Waals surface area contributed by atoms with Crippen molar-refractivity contribution in [2.24, 2.45) is 5.92 Å². The van der Waals surface area contributed by atoms with Gasteiger partial charge in [-0.1, -0.05) is 18.2 Å².